The lowest BCUT2D eigenvalue weighted by atomic mass is 9.87. The Kier molecular flexibility index (Phi) is 8.56. The van der Waals surface area contributed by atoms with E-state index in [9.17, 15) is 14.4 Å². The van der Waals surface area contributed by atoms with Crippen LogP contribution in [0.4, 0.5) is 4.39 Å². The summed E-state index contributed by atoms with van der Waals surface area (Å²) >= 11 is 0. The Hall–Kier alpha value is -3.06. The van der Waals surface area contributed by atoms with Crippen molar-refractivity contribution in [3.05, 3.63) is 59.4 Å². The molecule has 0 saturated carbocycles. The molecule has 2 aromatic rings. The topological polar surface area (TPSA) is 87.3 Å². The number of hydrogen-bond donors (Lipinski definition) is 3. The fraction of sp³-hybridized carbons (Fsp3) is 0.444. The lowest BCUT2D eigenvalue weighted by Gasteiger charge is -2.24. The fourth-order valence-corrected chi connectivity index (χ4v) is 4.14. The molecule has 3 N–H and O–H groups in total. The quantitative estimate of drug-likeness (QED) is 0.489. The Morgan fingerprint density at radius 3 is 2.29 bits per heavy atom. The summed E-state index contributed by atoms with van der Waals surface area (Å²) in [6, 6.07) is 10.4. The molecule has 0 aliphatic carbocycles. The molecule has 2 atom stereocenters. The van der Waals surface area contributed by atoms with Gasteiger partial charge in [-0.15, -0.1) is 0 Å². The number of halogens is 1. The van der Waals surface area contributed by atoms with Gasteiger partial charge in [0.15, 0.2) is 0 Å². The third-order valence-electron chi connectivity index (χ3n) is 6.02. The number of benzene rings is 2. The molecule has 7 heteroatoms. The molecular formula is C27H34FN3O3. The number of ketones is 1. The molecule has 3 rings (SSSR count). The minimum absolute atomic E-state index is 0.0858. The molecule has 2 amide bonds. The lowest BCUT2D eigenvalue weighted by molar-refractivity contribution is -0.140. The van der Waals surface area contributed by atoms with Crippen LogP contribution in [0.2, 0.25) is 0 Å². The predicted octanol–water partition coefficient (Wildman–Crippen LogP) is 3.87. The van der Waals surface area contributed by atoms with Gasteiger partial charge in [-0.2, -0.15) is 0 Å². The van der Waals surface area contributed by atoms with E-state index in [1.165, 1.54) is 0 Å². The van der Waals surface area contributed by atoms with Crippen LogP contribution >= 0.6 is 0 Å². The summed E-state index contributed by atoms with van der Waals surface area (Å²) in [4.78, 5) is 39.1. The maximum absolute atomic E-state index is 15.8. The van der Waals surface area contributed by atoms with E-state index >= 15 is 4.39 Å². The standard InChI is InChI=1S/C27H34FN3O3/c1-16(2)15-30-27(34)25(32)24(31-26(33)21-11-8-14-29-21)20-13-12-19(17(3)4)23(28)22(20)18-9-6-5-7-10-18/h5-7,9-10,12-13,16-17,21,24,29H,8,11,14-15H2,1-4H3,(H,30,34)(H,31,33). The molecule has 0 aromatic heterocycles. The number of nitrogens with one attached hydrogen (secondary N) is 3. The van der Waals surface area contributed by atoms with E-state index in [0.29, 0.717) is 30.6 Å². The first-order valence-corrected chi connectivity index (χ1v) is 11.9. The molecule has 0 radical (unpaired) electrons. The molecule has 34 heavy (non-hydrogen) atoms. The fourth-order valence-electron chi connectivity index (χ4n) is 4.14. The molecular weight excluding hydrogens is 433 g/mol. The van der Waals surface area contributed by atoms with E-state index in [-0.39, 0.29) is 28.9 Å². The average molecular weight is 468 g/mol. The summed E-state index contributed by atoms with van der Waals surface area (Å²) in [5.74, 6) is -2.38. The van der Waals surface area contributed by atoms with Crippen LogP contribution in [0.5, 0.6) is 0 Å². The van der Waals surface area contributed by atoms with Crippen LogP contribution in [0.15, 0.2) is 42.5 Å². The maximum atomic E-state index is 15.8. The molecule has 1 aliphatic heterocycles. The molecule has 1 aliphatic rings. The van der Waals surface area contributed by atoms with Gasteiger partial charge < -0.3 is 16.0 Å². The zero-order valence-corrected chi connectivity index (χ0v) is 20.3. The predicted molar refractivity (Wildman–Crippen MR) is 131 cm³/mol. The zero-order valence-electron chi connectivity index (χ0n) is 20.3. The lowest BCUT2D eigenvalue weighted by Crippen LogP contribution is -2.47. The van der Waals surface area contributed by atoms with Gasteiger partial charge in [0.1, 0.15) is 11.9 Å². The van der Waals surface area contributed by atoms with Crippen molar-refractivity contribution >= 4 is 17.6 Å². The van der Waals surface area contributed by atoms with Gasteiger partial charge in [-0.05, 0) is 47.9 Å². The second kappa shape index (κ2) is 11.4. The van der Waals surface area contributed by atoms with E-state index in [2.05, 4.69) is 16.0 Å². The second-order valence-corrected chi connectivity index (χ2v) is 9.51. The average Bonchev–Trinajstić information content (AvgIpc) is 3.35. The van der Waals surface area contributed by atoms with Gasteiger partial charge >= 0.3 is 0 Å². The minimum Gasteiger partial charge on any atom is -0.349 e. The smallest absolute Gasteiger partial charge is 0.290 e. The van der Waals surface area contributed by atoms with Crippen LogP contribution in [0.25, 0.3) is 11.1 Å². The van der Waals surface area contributed by atoms with Crippen molar-refractivity contribution in [2.75, 3.05) is 13.1 Å². The number of carbonyl (C=O) groups is 3. The third-order valence-corrected chi connectivity index (χ3v) is 6.02. The van der Waals surface area contributed by atoms with Crippen molar-refractivity contribution in [2.24, 2.45) is 5.92 Å². The van der Waals surface area contributed by atoms with Crippen LogP contribution in [-0.4, -0.2) is 36.7 Å². The van der Waals surface area contributed by atoms with Gasteiger partial charge in [0, 0.05) is 12.1 Å². The molecule has 0 bridgehead atoms. The molecule has 1 heterocycles. The van der Waals surface area contributed by atoms with Crippen molar-refractivity contribution < 1.29 is 18.8 Å². The number of carbonyl (C=O) groups excluding carboxylic acids is 3. The Morgan fingerprint density at radius 1 is 1.03 bits per heavy atom. The Bertz CT molecular complexity index is 1030. The van der Waals surface area contributed by atoms with Crippen molar-refractivity contribution in [1.82, 2.24) is 16.0 Å². The van der Waals surface area contributed by atoms with E-state index in [4.69, 9.17) is 0 Å². The van der Waals surface area contributed by atoms with Gasteiger partial charge in [-0.3, -0.25) is 14.4 Å². The molecule has 182 valence electrons. The summed E-state index contributed by atoms with van der Waals surface area (Å²) in [6.07, 6.45) is 1.48. The van der Waals surface area contributed by atoms with E-state index in [1.54, 1.807) is 36.4 Å². The van der Waals surface area contributed by atoms with Gasteiger partial charge in [0.2, 0.25) is 11.7 Å². The van der Waals surface area contributed by atoms with Crippen LogP contribution < -0.4 is 16.0 Å². The Labute approximate surface area is 200 Å². The first kappa shape index (κ1) is 25.6. The highest BCUT2D eigenvalue weighted by atomic mass is 19.1. The van der Waals surface area contributed by atoms with Gasteiger partial charge in [0.05, 0.1) is 6.04 Å². The number of Topliss-reactive ketones (excluding diaryl/α,β-unsaturated/α-hetero) is 1. The van der Waals surface area contributed by atoms with Crippen LogP contribution in [-0.2, 0) is 14.4 Å². The van der Waals surface area contributed by atoms with E-state index in [1.807, 2.05) is 33.8 Å². The summed E-state index contributed by atoms with van der Waals surface area (Å²) in [6.45, 7) is 8.65. The van der Waals surface area contributed by atoms with Gasteiger partial charge in [-0.1, -0.05) is 70.2 Å². The highest BCUT2D eigenvalue weighted by Crippen LogP contribution is 2.35. The van der Waals surface area contributed by atoms with Crippen molar-refractivity contribution in [3.63, 3.8) is 0 Å². The van der Waals surface area contributed by atoms with Crippen molar-refractivity contribution in [2.45, 2.75) is 58.5 Å². The zero-order chi connectivity index (χ0) is 24.8. The second-order valence-electron chi connectivity index (χ2n) is 9.51. The van der Waals surface area contributed by atoms with Crippen molar-refractivity contribution in [1.29, 1.82) is 0 Å². The van der Waals surface area contributed by atoms with Gasteiger partial charge in [0.25, 0.3) is 5.91 Å². The Balaban J connectivity index is 2.10. The highest BCUT2D eigenvalue weighted by Gasteiger charge is 2.34. The van der Waals surface area contributed by atoms with Crippen molar-refractivity contribution in [3.8, 4) is 11.1 Å². The monoisotopic (exact) mass is 467 g/mol. The first-order chi connectivity index (χ1) is 16.2. The first-order valence-electron chi connectivity index (χ1n) is 11.9. The van der Waals surface area contributed by atoms with E-state index < -0.39 is 29.6 Å². The number of rotatable bonds is 9. The summed E-state index contributed by atoms with van der Waals surface area (Å²) in [5.41, 5.74) is 1.57. The third kappa shape index (κ3) is 5.89. The van der Waals surface area contributed by atoms with Crippen LogP contribution in [0, 0.1) is 11.7 Å². The Morgan fingerprint density at radius 2 is 1.71 bits per heavy atom. The number of amides is 2. The van der Waals surface area contributed by atoms with Crippen LogP contribution in [0.1, 0.15) is 63.6 Å². The number of hydrogen-bond acceptors (Lipinski definition) is 4. The largest absolute Gasteiger partial charge is 0.349 e. The minimum atomic E-state index is -1.31. The molecule has 0 spiro atoms. The summed E-state index contributed by atoms with van der Waals surface area (Å²) in [5, 5.41) is 8.49. The summed E-state index contributed by atoms with van der Waals surface area (Å²) in [7, 11) is 0. The molecule has 2 aromatic carbocycles. The molecule has 2 unspecified atom stereocenters. The SMILES string of the molecule is CC(C)CNC(=O)C(=O)C(NC(=O)C1CCCN1)c1ccc(C(C)C)c(F)c1-c1ccccc1. The normalized spacial score (nSPS) is 16.5. The van der Waals surface area contributed by atoms with E-state index in [0.717, 1.165) is 6.42 Å². The molecule has 6 nitrogen and oxygen atoms in total. The van der Waals surface area contributed by atoms with Crippen LogP contribution in [0.3, 0.4) is 0 Å². The van der Waals surface area contributed by atoms with Gasteiger partial charge in [-0.25, -0.2) is 4.39 Å². The maximum Gasteiger partial charge on any atom is 0.290 e. The molecule has 1 fully saturated rings. The highest BCUT2D eigenvalue weighted by molar-refractivity contribution is 6.38. The summed E-state index contributed by atoms with van der Waals surface area (Å²) < 4.78 is 15.8. The molecule has 1 saturated heterocycles.